The Kier molecular flexibility index (Phi) is 4.09. The molecule has 0 aromatic carbocycles. The number of hydrogen-bond acceptors (Lipinski definition) is 3. The number of carbonyl (C=O) groups is 2. The van der Waals surface area contributed by atoms with Gasteiger partial charge in [-0.2, -0.15) is 0 Å². The summed E-state index contributed by atoms with van der Waals surface area (Å²) in [5.41, 5.74) is 4.04. The second kappa shape index (κ2) is 5.35. The highest BCUT2D eigenvalue weighted by atomic mass is 16.4. The van der Waals surface area contributed by atoms with E-state index in [1.54, 1.807) is 6.92 Å². The highest BCUT2D eigenvalue weighted by Gasteiger charge is 2.49. The van der Waals surface area contributed by atoms with E-state index in [1.807, 2.05) is 0 Å². The van der Waals surface area contributed by atoms with Gasteiger partial charge < -0.3 is 16.2 Å². The van der Waals surface area contributed by atoms with Gasteiger partial charge in [-0.15, -0.1) is 0 Å². The molecule has 2 saturated carbocycles. The molecule has 2 aliphatic rings. The van der Waals surface area contributed by atoms with E-state index in [0.717, 1.165) is 32.1 Å². The van der Waals surface area contributed by atoms with Crippen LogP contribution in [0.5, 0.6) is 0 Å². The van der Waals surface area contributed by atoms with Crippen LogP contribution in [0.4, 0.5) is 0 Å². The molecule has 2 fully saturated rings. The summed E-state index contributed by atoms with van der Waals surface area (Å²) >= 11 is 0. The van der Waals surface area contributed by atoms with E-state index >= 15 is 0 Å². The van der Waals surface area contributed by atoms with Gasteiger partial charge in [0.1, 0.15) is 5.54 Å². The Morgan fingerprint density at radius 1 is 1.30 bits per heavy atom. The van der Waals surface area contributed by atoms with Crippen molar-refractivity contribution < 1.29 is 14.7 Å². The molecule has 20 heavy (non-hydrogen) atoms. The zero-order valence-corrected chi connectivity index (χ0v) is 12.4. The number of nitrogens with one attached hydrogen (secondary N) is 1. The summed E-state index contributed by atoms with van der Waals surface area (Å²) < 4.78 is 0. The number of rotatable bonds is 5. The van der Waals surface area contributed by atoms with Crippen LogP contribution >= 0.6 is 0 Å². The minimum Gasteiger partial charge on any atom is -0.480 e. The van der Waals surface area contributed by atoms with Gasteiger partial charge in [-0.25, -0.2) is 4.79 Å². The molecule has 114 valence electrons. The SMILES string of the molecule is CCC1CCC(NC(=O)C(C)(N)C2CC2)(C(=O)O)CC1. The molecule has 0 aliphatic heterocycles. The summed E-state index contributed by atoms with van der Waals surface area (Å²) in [6, 6.07) is 0. The van der Waals surface area contributed by atoms with Gasteiger partial charge >= 0.3 is 5.97 Å². The second-order valence-corrected chi connectivity index (χ2v) is 6.75. The number of carboxylic acid groups (broad SMARTS) is 1. The van der Waals surface area contributed by atoms with Crippen molar-refractivity contribution in [1.82, 2.24) is 5.32 Å². The van der Waals surface area contributed by atoms with E-state index in [1.165, 1.54) is 0 Å². The molecule has 1 amide bonds. The highest BCUT2D eigenvalue weighted by molar-refractivity contribution is 5.92. The fourth-order valence-electron chi connectivity index (χ4n) is 3.19. The van der Waals surface area contributed by atoms with E-state index in [0.29, 0.717) is 18.8 Å². The van der Waals surface area contributed by atoms with Gasteiger partial charge in [0, 0.05) is 0 Å². The number of nitrogens with two attached hydrogens (primary N) is 1. The Labute approximate surface area is 120 Å². The minimum atomic E-state index is -1.11. The zero-order chi connectivity index (χ0) is 15.0. The molecular weight excluding hydrogens is 256 g/mol. The smallest absolute Gasteiger partial charge is 0.329 e. The number of hydrogen-bond donors (Lipinski definition) is 3. The lowest BCUT2D eigenvalue weighted by Gasteiger charge is -2.39. The monoisotopic (exact) mass is 282 g/mol. The molecule has 5 heteroatoms. The molecule has 1 unspecified atom stereocenters. The summed E-state index contributed by atoms with van der Waals surface area (Å²) in [6.07, 6.45) is 5.71. The molecule has 2 rings (SSSR count). The Morgan fingerprint density at radius 2 is 1.85 bits per heavy atom. The molecule has 2 aliphatic carbocycles. The van der Waals surface area contributed by atoms with E-state index in [9.17, 15) is 14.7 Å². The van der Waals surface area contributed by atoms with Gasteiger partial charge in [0.25, 0.3) is 0 Å². The largest absolute Gasteiger partial charge is 0.480 e. The van der Waals surface area contributed by atoms with Crippen molar-refractivity contribution in [1.29, 1.82) is 0 Å². The topological polar surface area (TPSA) is 92.4 Å². The van der Waals surface area contributed by atoms with Crippen molar-refractivity contribution >= 4 is 11.9 Å². The van der Waals surface area contributed by atoms with Crippen LogP contribution in [0.2, 0.25) is 0 Å². The molecule has 0 bridgehead atoms. The molecule has 5 nitrogen and oxygen atoms in total. The van der Waals surface area contributed by atoms with Crippen LogP contribution in [-0.2, 0) is 9.59 Å². The van der Waals surface area contributed by atoms with Crippen molar-refractivity contribution in [3.05, 3.63) is 0 Å². The van der Waals surface area contributed by atoms with E-state index in [-0.39, 0.29) is 11.8 Å². The summed E-state index contributed by atoms with van der Waals surface area (Å²) in [4.78, 5) is 24.0. The lowest BCUT2D eigenvalue weighted by molar-refractivity contribution is -0.150. The molecule has 0 aromatic rings. The van der Waals surface area contributed by atoms with Crippen LogP contribution in [0.1, 0.15) is 58.8 Å². The first-order valence-corrected chi connectivity index (χ1v) is 7.66. The van der Waals surface area contributed by atoms with Gasteiger partial charge in [-0.05, 0) is 57.3 Å². The quantitative estimate of drug-likeness (QED) is 0.715. The van der Waals surface area contributed by atoms with Gasteiger partial charge in [-0.1, -0.05) is 13.3 Å². The van der Waals surface area contributed by atoms with Crippen molar-refractivity contribution in [2.45, 2.75) is 69.9 Å². The number of amides is 1. The molecule has 4 N–H and O–H groups in total. The average Bonchev–Trinajstić information content (AvgIpc) is 3.23. The Hall–Kier alpha value is -1.10. The van der Waals surface area contributed by atoms with Crippen LogP contribution in [0.25, 0.3) is 0 Å². The predicted molar refractivity (Wildman–Crippen MR) is 76.1 cm³/mol. The van der Waals surface area contributed by atoms with Gasteiger partial charge in [-0.3, -0.25) is 4.79 Å². The van der Waals surface area contributed by atoms with E-state index < -0.39 is 17.0 Å². The number of carbonyl (C=O) groups excluding carboxylic acids is 1. The lowest BCUT2D eigenvalue weighted by Crippen LogP contribution is -2.63. The van der Waals surface area contributed by atoms with Crippen molar-refractivity contribution in [2.24, 2.45) is 17.6 Å². The Morgan fingerprint density at radius 3 is 2.25 bits per heavy atom. The standard InChI is InChI=1S/C15H26N2O3/c1-3-10-6-8-15(9-7-10,13(19)20)17-12(18)14(2,16)11-4-5-11/h10-11H,3-9,16H2,1-2H3,(H,17,18)(H,19,20). The van der Waals surface area contributed by atoms with Gasteiger partial charge in [0.05, 0.1) is 5.54 Å². The summed E-state index contributed by atoms with van der Waals surface area (Å²) in [7, 11) is 0. The molecule has 0 spiro atoms. The van der Waals surface area contributed by atoms with Crippen LogP contribution in [0, 0.1) is 11.8 Å². The third kappa shape index (κ3) is 2.82. The first-order chi connectivity index (χ1) is 9.32. The molecular formula is C15H26N2O3. The maximum absolute atomic E-state index is 12.4. The maximum atomic E-state index is 12.4. The van der Waals surface area contributed by atoms with E-state index in [2.05, 4.69) is 12.2 Å². The van der Waals surface area contributed by atoms with Gasteiger partial charge in [0.15, 0.2) is 0 Å². The van der Waals surface area contributed by atoms with Crippen LogP contribution < -0.4 is 11.1 Å². The second-order valence-electron chi connectivity index (χ2n) is 6.75. The van der Waals surface area contributed by atoms with Crippen LogP contribution in [0.3, 0.4) is 0 Å². The number of aliphatic carboxylic acids is 1. The van der Waals surface area contributed by atoms with Crippen LogP contribution in [-0.4, -0.2) is 28.1 Å². The normalized spacial score (nSPS) is 33.2. The van der Waals surface area contributed by atoms with Crippen molar-refractivity contribution in [2.75, 3.05) is 0 Å². The molecule has 1 atom stereocenters. The van der Waals surface area contributed by atoms with Crippen molar-refractivity contribution in [3.8, 4) is 0 Å². The fourth-order valence-corrected chi connectivity index (χ4v) is 3.19. The first kappa shape index (κ1) is 15.3. The Bertz CT molecular complexity index is 394. The minimum absolute atomic E-state index is 0.195. The Balaban J connectivity index is 2.06. The summed E-state index contributed by atoms with van der Waals surface area (Å²) in [6.45, 7) is 3.84. The van der Waals surface area contributed by atoms with Crippen LogP contribution in [0.15, 0.2) is 0 Å². The molecule has 0 heterocycles. The third-order valence-corrected chi connectivity index (χ3v) is 5.21. The molecule has 0 saturated heterocycles. The fraction of sp³-hybridized carbons (Fsp3) is 0.867. The van der Waals surface area contributed by atoms with Crippen molar-refractivity contribution in [3.63, 3.8) is 0 Å². The molecule has 0 radical (unpaired) electrons. The highest BCUT2D eigenvalue weighted by Crippen LogP contribution is 2.39. The average molecular weight is 282 g/mol. The summed E-state index contributed by atoms with van der Waals surface area (Å²) in [5.74, 6) is -0.461. The predicted octanol–water partition coefficient (Wildman–Crippen LogP) is 1.65. The molecule has 0 aromatic heterocycles. The number of carboxylic acids is 1. The zero-order valence-electron chi connectivity index (χ0n) is 12.4. The third-order valence-electron chi connectivity index (χ3n) is 5.21. The first-order valence-electron chi connectivity index (χ1n) is 7.66. The lowest BCUT2D eigenvalue weighted by atomic mass is 9.75. The maximum Gasteiger partial charge on any atom is 0.329 e. The summed E-state index contributed by atoms with van der Waals surface area (Å²) in [5, 5.41) is 12.3. The van der Waals surface area contributed by atoms with Gasteiger partial charge in [0.2, 0.25) is 5.91 Å². The van der Waals surface area contributed by atoms with E-state index in [4.69, 9.17) is 5.73 Å².